The molecule has 1 aliphatic rings. The van der Waals surface area contributed by atoms with Gasteiger partial charge < -0.3 is 4.98 Å². The molecule has 2 amide bonds. The number of nitrogens with zero attached hydrogens (tertiary/aromatic N) is 2. The lowest BCUT2D eigenvalue weighted by Gasteiger charge is -1.97. The highest BCUT2D eigenvalue weighted by molar-refractivity contribution is 9.08. The molecule has 0 atom stereocenters. The monoisotopic (exact) mass is 273 g/mol. The van der Waals surface area contributed by atoms with E-state index >= 15 is 0 Å². The van der Waals surface area contributed by atoms with Gasteiger partial charge in [-0.1, -0.05) is 0 Å². The van der Waals surface area contributed by atoms with Crippen molar-refractivity contribution in [1.29, 1.82) is 0 Å². The topological polar surface area (TPSA) is 83.1 Å². The summed E-state index contributed by atoms with van der Waals surface area (Å²) < 4.78 is 0.979. The van der Waals surface area contributed by atoms with Crippen LogP contribution in [0.25, 0.3) is 0 Å². The number of H-pyrrole nitrogens is 1. The molecular weight excluding hydrogens is 266 g/mol. The predicted molar refractivity (Wildman–Crippen MR) is 54.9 cm³/mol. The van der Waals surface area contributed by atoms with Gasteiger partial charge in [-0.15, -0.1) is 0 Å². The van der Waals surface area contributed by atoms with Gasteiger partial charge in [-0.2, -0.15) is 0 Å². The summed E-state index contributed by atoms with van der Waals surface area (Å²) in [4.78, 5) is 36.7. The van der Waals surface area contributed by atoms with Crippen LogP contribution in [0.5, 0.6) is 0 Å². The van der Waals surface area contributed by atoms with E-state index in [1.807, 2.05) is 0 Å². The van der Waals surface area contributed by atoms with Gasteiger partial charge in [-0.05, 0) is 6.07 Å². The number of amides is 2. The molecule has 1 aromatic heterocycles. The van der Waals surface area contributed by atoms with E-state index in [0.717, 1.165) is 3.93 Å². The Labute approximate surface area is 93.7 Å². The molecule has 0 unspecified atom stereocenters. The van der Waals surface area contributed by atoms with Crippen LogP contribution >= 0.6 is 16.1 Å². The van der Waals surface area contributed by atoms with E-state index in [-0.39, 0.29) is 17.5 Å². The molecule has 2 rings (SSSR count). The van der Waals surface area contributed by atoms with Gasteiger partial charge in [0.1, 0.15) is 0 Å². The molecule has 0 spiro atoms. The standard InChI is InChI=1S/C4H4BrNO2.C4H4N2O/c5-6-3(7)1-2-4(6)8;7-4-5-2-1-3-6-4/h1-2H2;1-3H,(H,5,6,7). The Kier molecular flexibility index (Phi) is 4.17. The Morgan fingerprint density at radius 2 is 1.87 bits per heavy atom. The third kappa shape index (κ3) is 3.62. The smallest absolute Gasteiger partial charge is 0.313 e. The number of hydrogen-bond donors (Lipinski definition) is 1. The summed E-state index contributed by atoms with van der Waals surface area (Å²) in [5, 5.41) is 0. The maximum absolute atomic E-state index is 10.4. The number of hydrogen-bond acceptors (Lipinski definition) is 4. The molecule has 0 aliphatic carbocycles. The molecule has 1 aliphatic heterocycles. The number of imide groups is 1. The zero-order valence-electron chi connectivity index (χ0n) is 7.64. The Hall–Kier alpha value is -1.50. The highest BCUT2D eigenvalue weighted by Gasteiger charge is 2.26. The van der Waals surface area contributed by atoms with Crippen molar-refractivity contribution in [3.63, 3.8) is 0 Å². The number of rotatable bonds is 0. The van der Waals surface area contributed by atoms with E-state index < -0.39 is 0 Å². The first-order valence-electron chi connectivity index (χ1n) is 4.12. The maximum Gasteiger partial charge on any atom is 0.344 e. The number of nitrogens with one attached hydrogen (secondary N) is 1. The molecule has 80 valence electrons. The molecule has 2 heterocycles. The van der Waals surface area contributed by atoms with Gasteiger partial charge in [0, 0.05) is 25.2 Å². The summed E-state index contributed by atoms with van der Waals surface area (Å²) in [5.41, 5.74) is -0.303. The van der Waals surface area contributed by atoms with Crippen molar-refractivity contribution in [3.05, 3.63) is 28.9 Å². The van der Waals surface area contributed by atoms with Gasteiger partial charge in [0.25, 0.3) is 0 Å². The van der Waals surface area contributed by atoms with Crippen molar-refractivity contribution in [2.75, 3.05) is 0 Å². The van der Waals surface area contributed by atoms with Crippen LogP contribution in [0.2, 0.25) is 0 Å². The molecule has 1 saturated heterocycles. The molecule has 0 radical (unpaired) electrons. The zero-order valence-corrected chi connectivity index (χ0v) is 9.23. The number of halogens is 1. The number of aromatic amines is 1. The van der Waals surface area contributed by atoms with Gasteiger partial charge in [0.05, 0.1) is 16.1 Å². The summed E-state index contributed by atoms with van der Waals surface area (Å²) in [5.74, 6) is -0.287. The molecule has 1 N–H and O–H groups in total. The number of carbonyl (C=O) groups is 2. The highest BCUT2D eigenvalue weighted by atomic mass is 79.9. The first-order valence-corrected chi connectivity index (χ1v) is 4.83. The molecule has 6 nitrogen and oxygen atoms in total. The first-order chi connectivity index (χ1) is 7.11. The minimum atomic E-state index is -0.303. The summed E-state index contributed by atoms with van der Waals surface area (Å²) in [7, 11) is 0. The third-order valence-electron chi connectivity index (χ3n) is 1.57. The highest BCUT2D eigenvalue weighted by Crippen LogP contribution is 2.14. The van der Waals surface area contributed by atoms with Crippen molar-refractivity contribution in [3.8, 4) is 0 Å². The molecule has 1 fully saturated rings. The van der Waals surface area contributed by atoms with Crippen LogP contribution < -0.4 is 5.69 Å². The molecule has 7 heteroatoms. The molecule has 0 aromatic carbocycles. The van der Waals surface area contributed by atoms with Gasteiger partial charge in [0.15, 0.2) is 0 Å². The van der Waals surface area contributed by atoms with Crippen LogP contribution in [0.1, 0.15) is 12.8 Å². The second-order valence-electron chi connectivity index (χ2n) is 2.66. The van der Waals surface area contributed by atoms with E-state index in [4.69, 9.17) is 0 Å². The second-order valence-corrected chi connectivity index (χ2v) is 3.36. The third-order valence-corrected chi connectivity index (χ3v) is 2.36. The van der Waals surface area contributed by atoms with Gasteiger partial charge in [0.2, 0.25) is 11.8 Å². The maximum atomic E-state index is 10.4. The number of aromatic nitrogens is 2. The van der Waals surface area contributed by atoms with E-state index in [1.165, 1.54) is 12.4 Å². The lowest BCUT2D eigenvalue weighted by atomic mass is 10.4. The first kappa shape index (κ1) is 11.6. The van der Waals surface area contributed by atoms with Crippen molar-refractivity contribution < 1.29 is 9.59 Å². The Morgan fingerprint density at radius 1 is 1.27 bits per heavy atom. The Balaban J connectivity index is 0.000000151. The van der Waals surface area contributed by atoms with Crippen LogP contribution in [0.4, 0.5) is 0 Å². The van der Waals surface area contributed by atoms with Gasteiger partial charge in [-0.3, -0.25) is 9.59 Å². The van der Waals surface area contributed by atoms with Crippen LogP contribution in [0.15, 0.2) is 23.3 Å². The Morgan fingerprint density at radius 3 is 2.07 bits per heavy atom. The minimum Gasteiger partial charge on any atom is -0.313 e. The summed E-state index contributed by atoms with van der Waals surface area (Å²) in [6.07, 6.45) is 3.68. The van der Waals surface area contributed by atoms with Gasteiger partial charge in [-0.25, -0.2) is 13.7 Å². The average Bonchev–Trinajstić information content (AvgIpc) is 2.52. The van der Waals surface area contributed by atoms with Crippen LogP contribution in [0, 0.1) is 0 Å². The lowest BCUT2D eigenvalue weighted by molar-refractivity contribution is -0.131. The normalized spacial score (nSPS) is 14.9. The molecule has 0 bridgehead atoms. The fourth-order valence-corrected chi connectivity index (χ4v) is 1.21. The quantitative estimate of drug-likeness (QED) is 0.541. The summed E-state index contributed by atoms with van der Waals surface area (Å²) in [6, 6.07) is 1.65. The van der Waals surface area contributed by atoms with Gasteiger partial charge >= 0.3 is 5.69 Å². The summed E-state index contributed by atoms with van der Waals surface area (Å²) in [6.45, 7) is 0. The fourth-order valence-electron chi connectivity index (χ4n) is 0.860. The lowest BCUT2D eigenvalue weighted by Crippen LogP contribution is -2.16. The van der Waals surface area contributed by atoms with Crippen LogP contribution in [0.3, 0.4) is 0 Å². The van der Waals surface area contributed by atoms with E-state index in [2.05, 4.69) is 26.1 Å². The van der Waals surface area contributed by atoms with E-state index in [0.29, 0.717) is 12.8 Å². The van der Waals surface area contributed by atoms with E-state index in [9.17, 15) is 14.4 Å². The average molecular weight is 274 g/mol. The van der Waals surface area contributed by atoms with E-state index in [1.54, 1.807) is 6.07 Å². The predicted octanol–water partition coefficient (Wildman–Crippen LogP) is 0.215. The molecule has 1 aromatic rings. The minimum absolute atomic E-state index is 0.144. The van der Waals surface area contributed by atoms with Crippen molar-refractivity contribution in [1.82, 2.24) is 13.9 Å². The Bertz CT molecular complexity index is 384. The molecule has 0 saturated carbocycles. The fraction of sp³-hybridized carbons (Fsp3) is 0.250. The largest absolute Gasteiger partial charge is 0.344 e. The SMILES string of the molecule is O=C1CCC(=O)N1Br.O=c1nccc[nH]1. The van der Waals surface area contributed by atoms with Crippen LogP contribution in [-0.2, 0) is 9.59 Å². The number of carbonyl (C=O) groups excluding carboxylic acids is 2. The molecular formula is C8H8BrN3O3. The summed E-state index contributed by atoms with van der Waals surface area (Å²) >= 11 is 2.80. The van der Waals surface area contributed by atoms with Crippen molar-refractivity contribution >= 4 is 28.0 Å². The van der Waals surface area contributed by atoms with Crippen LogP contribution in [-0.4, -0.2) is 25.7 Å². The van der Waals surface area contributed by atoms with Crippen molar-refractivity contribution in [2.24, 2.45) is 0 Å². The zero-order chi connectivity index (χ0) is 11.3. The molecule has 15 heavy (non-hydrogen) atoms. The second kappa shape index (κ2) is 5.40. The van der Waals surface area contributed by atoms with Crippen molar-refractivity contribution in [2.45, 2.75) is 12.8 Å².